The topological polar surface area (TPSA) is 74.0 Å². The molecule has 0 saturated carbocycles. The van der Waals surface area contributed by atoms with Gasteiger partial charge in [0.15, 0.2) is 0 Å². The number of nitriles is 1. The third-order valence-electron chi connectivity index (χ3n) is 2.96. The number of benzene rings is 1. The van der Waals surface area contributed by atoms with Crippen LogP contribution < -0.4 is 0 Å². The van der Waals surface area contributed by atoms with Gasteiger partial charge in [0.05, 0.1) is 22.4 Å². The van der Waals surface area contributed by atoms with Crippen molar-refractivity contribution in [3.05, 3.63) is 65.0 Å². The number of alkyl halides is 3. The van der Waals surface area contributed by atoms with Crippen LogP contribution in [0, 0.1) is 11.3 Å². The number of aromatic carboxylic acids is 1. The van der Waals surface area contributed by atoms with Crippen molar-refractivity contribution in [1.29, 1.82) is 5.26 Å². The van der Waals surface area contributed by atoms with Crippen molar-refractivity contribution in [2.24, 2.45) is 0 Å². The summed E-state index contributed by atoms with van der Waals surface area (Å²) >= 11 is 0. The Morgan fingerprint density at radius 2 is 1.83 bits per heavy atom. The van der Waals surface area contributed by atoms with Gasteiger partial charge in [0, 0.05) is 6.20 Å². The summed E-state index contributed by atoms with van der Waals surface area (Å²) in [5, 5.41) is 17.9. The molecule has 0 unspecified atom stereocenters. The quantitative estimate of drug-likeness (QED) is 0.872. The highest BCUT2D eigenvalue weighted by Crippen LogP contribution is 2.29. The molecule has 0 spiro atoms. The van der Waals surface area contributed by atoms with E-state index < -0.39 is 17.7 Å². The summed E-state index contributed by atoms with van der Waals surface area (Å²) in [6.45, 7) is 0. The molecule has 0 amide bonds. The van der Waals surface area contributed by atoms with E-state index in [1.807, 2.05) is 6.07 Å². The molecule has 1 aromatic carbocycles. The second-order valence-corrected chi connectivity index (χ2v) is 4.53. The van der Waals surface area contributed by atoms with Crippen LogP contribution in [0.25, 0.3) is 11.6 Å². The number of carboxylic acid groups (broad SMARTS) is 1. The number of carboxylic acids is 1. The molecule has 0 saturated heterocycles. The SMILES string of the molecule is N#C/C(=C/c1ccc(C(=O)O)cc1)c1ccc(C(F)(F)F)cn1. The third-order valence-corrected chi connectivity index (χ3v) is 2.96. The summed E-state index contributed by atoms with van der Waals surface area (Å²) in [6.07, 6.45) is -2.41. The fourth-order valence-electron chi connectivity index (χ4n) is 1.77. The lowest BCUT2D eigenvalue weighted by Crippen LogP contribution is -2.05. The monoisotopic (exact) mass is 318 g/mol. The van der Waals surface area contributed by atoms with Gasteiger partial charge in [-0.1, -0.05) is 12.1 Å². The molecule has 0 atom stereocenters. The van der Waals surface area contributed by atoms with Crippen LogP contribution in [0.5, 0.6) is 0 Å². The Hall–Kier alpha value is -3.14. The molecule has 0 bridgehead atoms. The number of halogens is 3. The van der Waals surface area contributed by atoms with Crippen LogP contribution in [0.15, 0.2) is 42.6 Å². The van der Waals surface area contributed by atoms with Gasteiger partial charge in [-0.2, -0.15) is 18.4 Å². The Labute approximate surface area is 129 Å². The molecule has 0 aliphatic carbocycles. The molecule has 23 heavy (non-hydrogen) atoms. The lowest BCUT2D eigenvalue weighted by atomic mass is 10.1. The molecule has 116 valence electrons. The molecule has 7 heteroatoms. The molecular weight excluding hydrogens is 309 g/mol. The van der Waals surface area contributed by atoms with E-state index in [-0.39, 0.29) is 16.8 Å². The highest BCUT2D eigenvalue weighted by atomic mass is 19.4. The van der Waals surface area contributed by atoms with Crippen molar-refractivity contribution in [1.82, 2.24) is 4.98 Å². The average molecular weight is 318 g/mol. The maximum Gasteiger partial charge on any atom is 0.417 e. The molecular formula is C16H9F3N2O2. The van der Waals surface area contributed by atoms with E-state index in [2.05, 4.69) is 4.98 Å². The Balaban J connectivity index is 2.32. The van der Waals surface area contributed by atoms with Gasteiger partial charge in [-0.15, -0.1) is 0 Å². The number of hydrogen-bond acceptors (Lipinski definition) is 3. The third kappa shape index (κ3) is 3.95. The van der Waals surface area contributed by atoms with E-state index in [4.69, 9.17) is 10.4 Å². The zero-order valence-electron chi connectivity index (χ0n) is 11.5. The maximum absolute atomic E-state index is 12.5. The fraction of sp³-hybridized carbons (Fsp3) is 0.0625. The van der Waals surface area contributed by atoms with Crippen LogP contribution in [0.4, 0.5) is 13.2 Å². The van der Waals surface area contributed by atoms with Crippen LogP contribution in [-0.4, -0.2) is 16.1 Å². The van der Waals surface area contributed by atoms with Gasteiger partial charge in [-0.3, -0.25) is 4.98 Å². The van der Waals surface area contributed by atoms with Crippen LogP contribution in [0.1, 0.15) is 27.2 Å². The number of nitrogens with zero attached hydrogens (tertiary/aromatic N) is 2. The molecule has 2 aromatic rings. The highest BCUT2D eigenvalue weighted by Gasteiger charge is 2.30. The van der Waals surface area contributed by atoms with E-state index in [1.165, 1.54) is 30.3 Å². The summed E-state index contributed by atoms with van der Waals surface area (Å²) < 4.78 is 37.5. The van der Waals surface area contributed by atoms with E-state index >= 15 is 0 Å². The minimum atomic E-state index is -4.49. The Kier molecular flexibility index (Phi) is 4.46. The Bertz CT molecular complexity index is 786. The molecule has 1 aromatic heterocycles. The number of hydrogen-bond donors (Lipinski definition) is 1. The van der Waals surface area contributed by atoms with E-state index in [0.29, 0.717) is 11.8 Å². The molecule has 4 nitrogen and oxygen atoms in total. The minimum absolute atomic E-state index is 0.0711. The summed E-state index contributed by atoms with van der Waals surface area (Å²) in [7, 11) is 0. The first-order chi connectivity index (χ1) is 10.8. The van der Waals surface area contributed by atoms with Crippen molar-refractivity contribution in [2.45, 2.75) is 6.18 Å². The lowest BCUT2D eigenvalue weighted by Gasteiger charge is -2.06. The van der Waals surface area contributed by atoms with Crippen molar-refractivity contribution in [2.75, 3.05) is 0 Å². The van der Waals surface area contributed by atoms with E-state index in [1.54, 1.807) is 0 Å². The number of rotatable bonds is 3. The van der Waals surface area contributed by atoms with Gasteiger partial charge in [-0.05, 0) is 35.9 Å². The average Bonchev–Trinajstić information content (AvgIpc) is 2.52. The number of carbonyl (C=O) groups is 1. The van der Waals surface area contributed by atoms with Crippen molar-refractivity contribution < 1.29 is 23.1 Å². The van der Waals surface area contributed by atoms with Crippen molar-refractivity contribution in [3.63, 3.8) is 0 Å². The van der Waals surface area contributed by atoms with Gasteiger partial charge in [0.1, 0.15) is 6.07 Å². The predicted molar refractivity (Wildman–Crippen MR) is 76.1 cm³/mol. The Morgan fingerprint density at radius 3 is 2.26 bits per heavy atom. The van der Waals surface area contributed by atoms with Gasteiger partial charge >= 0.3 is 12.1 Å². The minimum Gasteiger partial charge on any atom is -0.478 e. The number of aromatic nitrogens is 1. The van der Waals surface area contributed by atoms with Crippen LogP contribution >= 0.6 is 0 Å². The summed E-state index contributed by atoms with van der Waals surface area (Å²) in [4.78, 5) is 14.4. The molecule has 0 radical (unpaired) electrons. The summed E-state index contributed by atoms with van der Waals surface area (Å²) in [6, 6.07) is 9.54. The first-order valence-electron chi connectivity index (χ1n) is 6.30. The lowest BCUT2D eigenvalue weighted by molar-refractivity contribution is -0.137. The molecule has 0 aliphatic rings. The van der Waals surface area contributed by atoms with Crippen molar-refractivity contribution >= 4 is 17.6 Å². The normalized spacial score (nSPS) is 11.8. The first-order valence-corrected chi connectivity index (χ1v) is 6.30. The largest absolute Gasteiger partial charge is 0.478 e. The van der Waals surface area contributed by atoms with Crippen molar-refractivity contribution in [3.8, 4) is 6.07 Å². The summed E-state index contributed by atoms with van der Waals surface area (Å²) in [5.74, 6) is -1.08. The maximum atomic E-state index is 12.5. The summed E-state index contributed by atoms with van der Waals surface area (Å²) in [5.41, 5.74) is -0.101. The zero-order valence-corrected chi connectivity index (χ0v) is 11.5. The smallest absolute Gasteiger partial charge is 0.417 e. The van der Waals surface area contributed by atoms with Gasteiger partial charge in [0.25, 0.3) is 0 Å². The van der Waals surface area contributed by atoms with Gasteiger partial charge in [-0.25, -0.2) is 4.79 Å². The van der Waals surface area contributed by atoms with Crippen LogP contribution in [0.2, 0.25) is 0 Å². The van der Waals surface area contributed by atoms with E-state index in [0.717, 1.165) is 12.1 Å². The molecule has 1 heterocycles. The van der Waals surface area contributed by atoms with Gasteiger partial charge in [0.2, 0.25) is 0 Å². The molecule has 1 N–H and O–H groups in total. The number of allylic oxidation sites excluding steroid dienone is 1. The second-order valence-electron chi connectivity index (χ2n) is 4.53. The van der Waals surface area contributed by atoms with Gasteiger partial charge < -0.3 is 5.11 Å². The number of pyridine rings is 1. The predicted octanol–water partition coefficient (Wildman–Crippen LogP) is 3.86. The molecule has 2 rings (SSSR count). The highest BCUT2D eigenvalue weighted by molar-refractivity contribution is 5.90. The molecule has 0 aliphatic heterocycles. The second kappa shape index (κ2) is 6.32. The Morgan fingerprint density at radius 1 is 1.17 bits per heavy atom. The van der Waals surface area contributed by atoms with E-state index in [9.17, 15) is 18.0 Å². The van der Waals surface area contributed by atoms with Crippen LogP contribution in [0.3, 0.4) is 0 Å². The van der Waals surface area contributed by atoms with Crippen LogP contribution in [-0.2, 0) is 6.18 Å². The zero-order chi connectivity index (χ0) is 17.0. The standard InChI is InChI=1S/C16H9F3N2O2/c17-16(18,19)13-5-6-14(21-9-13)12(8-20)7-10-1-3-11(4-2-10)15(22)23/h1-7,9H,(H,22,23)/b12-7-. The molecule has 0 fully saturated rings. The first kappa shape index (κ1) is 16.2. The fourth-order valence-corrected chi connectivity index (χ4v) is 1.77.